The van der Waals surface area contributed by atoms with Crippen LogP contribution in [0.2, 0.25) is 0 Å². The van der Waals surface area contributed by atoms with Crippen LogP contribution < -0.4 is 5.32 Å². The van der Waals surface area contributed by atoms with Crippen molar-refractivity contribution < 1.29 is 24.2 Å². The number of anilines is 1. The number of carbonyl (C=O) groups is 2. The smallest absolute Gasteiger partial charge is 0.409 e. The van der Waals surface area contributed by atoms with Crippen LogP contribution in [0.4, 0.5) is 10.5 Å². The van der Waals surface area contributed by atoms with Crippen molar-refractivity contribution in [2.45, 2.75) is 126 Å². The molecule has 4 rings (SSSR count). The standard InChI is InChI=1S/C17H26O3.C13H11NO2.C9H18.C3H8.CH4/c1-5-14-6-8-15(9-7-14)10-12-19-13-11-16(18)20-17(2,3)4;15-13(16)14-12-9-5-4-8-11(12)10-6-2-1-3-7-10;1-3-8-6-5-7-9(8)4-2;1-3-2;/h6-9H,5,10-13H2,1-4H3;1-9,14H,(H,15,16);8-9H,3-7H2,1-2H3;3H2,1-2H3;1H4. The van der Waals surface area contributed by atoms with Gasteiger partial charge in [0.05, 0.1) is 25.3 Å². The topological polar surface area (TPSA) is 84.9 Å². The third kappa shape index (κ3) is 20.5. The van der Waals surface area contributed by atoms with Crippen molar-refractivity contribution in [3.8, 4) is 11.1 Å². The molecular weight excluding hydrogens is 610 g/mol. The van der Waals surface area contributed by atoms with Gasteiger partial charge in [0.25, 0.3) is 0 Å². The first-order chi connectivity index (χ1) is 23.0. The second-order valence-electron chi connectivity index (χ2n) is 13.2. The Hall–Kier alpha value is -3.64. The lowest BCUT2D eigenvalue weighted by molar-refractivity contribution is -0.156. The number of carboxylic acid groups (broad SMARTS) is 1. The Balaban J connectivity index is 0.000000707. The quantitative estimate of drug-likeness (QED) is 0.156. The molecule has 2 N–H and O–H groups in total. The van der Waals surface area contributed by atoms with Gasteiger partial charge in [0.1, 0.15) is 5.60 Å². The van der Waals surface area contributed by atoms with E-state index in [1.54, 1.807) is 12.1 Å². The summed E-state index contributed by atoms with van der Waals surface area (Å²) in [7, 11) is 0. The Bertz CT molecular complexity index is 1260. The van der Waals surface area contributed by atoms with E-state index in [-0.39, 0.29) is 13.4 Å². The molecule has 3 aromatic rings. The first kappa shape index (κ1) is 45.4. The van der Waals surface area contributed by atoms with Gasteiger partial charge < -0.3 is 14.6 Å². The molecule has 0 heterocycles. The Kier molecular flexibility index (Phi) is 24.3. The average Bonchev–Trinajstić information content (AvgIpc) is 3.54. The highest BCUT2D eigenvalue weighted by Gasteiger charge is 2.23. The summed E-state index contributed by atoms with van der Waals surface area (Å²) in [6.45, 7) is 17.7. The van der Waals surface area contributed by atoms with Gasteiger partial charge in [0.15, 0.2) is 0 Å². The Morgan fingerprint density at radius 2 is 1.31 bits per heavy atom. The van der Waals surface area contributed by atoms with Crippen molar-refractivity contribution in [2.75, 3.05) is 18.5 Å². The van der Waals surface area contributed by atoms with E-state index in [0.29, 0.717) is 25.3 Å². The molecule has 2 unspecified atom stereocenters. The van der Waals surface area contributed by atoms with Crippen molar-refractivity contribution in [3.63, 3.8) is 0 Å². The van der Waals surface area contributed by atoms with E-state index in [2.05, 4.69) is 64.2 Å². The third-order valence-electron chi connectivity index (χ3n) is 7.96. The first-order valence-electron chi connectivity index (χ1n) is 18.0. The Morgan fingerprint density at radius 1 is 0.776 bits per heavy atom. The summed E-state index contributed by atoms with van der Waals surface area (Å²) in [5.41, 5.74) is 4.66. The van der Waals surface area contributed by atoms with Gasteiger partial charge in [0, 0.05) is 5.56 Å². The molecule has 0 saturated heterocycles. The van der Waals surface area contributed by atoms with Gasteiger partial charge >= 0.3 is 12.1 Å². The monoisotopic (exact) mass is 678 g/mol. The number of amides is 1. The number of esters is 1. The molecule has 6 nitrogen and oxygen atoms in total. The molecule has 0 aromatic heterocycles. The lowest BCUT2D eigenvalue weighted by Crippen LogP contribution is -2.24. The summed E-state index contributed by atoms with van der Waals surface area (Å²) >= 11 is 0. The summed E-state index contributed by atoms with van der Waals surface area (Å²) in [6.07, 6.45) is 9.79. The molecular formula is C43H67NO5. The van der Waals surface area contributed by atoms with Gasteiger partial charge in [-0.25, -0.2) is 4.79 Å². The van der Waals surface area contributed by atoms with Crippen molar-refractivity contribution in [3.05, 3.63) is 90.0 Å². The minimum absolute atomic E-state index is 0. The van der Waals surface area contributed by atoms with Crippen molar-refractivity contribution in [2.24, 2.45) is 11.8 Å². The van der Waals surface area contributed by atoms with Crippen LogP contribution in [0.25, 0.3) is 11.1 Å². The highest BCUT2D eigenvalue weighted by atomic mass is 16.6. The number of benzene rings is 3. The fourth-order valence-electron chi connectivity index (χ4n) is 5.55. The van der Waals surface area contributed by atoms with E-state index >= 15 is 0 Å². The summed E-state index contributed by atoms with van der Waals surface area (Å²) < 4.78 is 10.7. The van der Waals surface area contributed by atoms with Crippen LogP contribution in [0.15, 0.2) is 78.9 Å². The molecule has 49 heavy (non-hydrogen) atoms. The van der Waals surface area contributed by atoms with E-state index in [0.717, 1.165) is 35.8 Å². The number of hydrogen-bond donors (Lipinski definition) is 2. The largest absolute Gasteiger partial charge is 0.465 e. The van der Waals surface area contributed by atoms with Crippen LogP contribution in [-0.2, 0) is 27.1 Å². The highest BCUT2D eigenvalue weighted by molar-refractivity contribution is 5.90. The van der Waals surface area contributed by atoms with Crippen molar-refractivity contribution >= 4 is 17.7 Å². The lowest BCUT2D eigenvalue weighted by Gasteiger charge is -2.19. The van der Waals surface area contributed by atoms with E-state index in [1.807, 2.05) is 63.2 Å². The second kappa shape index (κ2) is 26.3. The van der Waals surface area contributed by atoms with Crippen molar-refractivity contribution in [1.29, 1.82) is 0 Å². The molecule has 1 fully saturated rings. The zero-order valence-corrected chi connectivity index (χ0v) is 31.0. The van der Waals surface area contributed by atoms with E-state index in [1.165, 1.54) is 49.7 Å². The average molecular weight is 678 g/mol. The van der Waals surface area contributed by atoms with Gasteiger partial charge in [-0.15, -0.1) is 0 Å². The number of rotatable bonds is 11. The molecule has 6 heteroatoms. The van der Waals surface area contributed by atoms with Gasteiger partial charge in [-0.05, 0) is 68.2 Å². The van der Waals surface area contributed by atoms with Crippen molar-refractivity contribution in [1.82, 2.24) is 0 Å². The van der Waals surface area contributed by atoms with Crippen LogP contribution in [-0.4, -0.2) is 36.0 Å². The lowest BCUT2D eigenvalue weighted by atomic mass is 9.92. The zero-order valence-electron chi connectivity index (χ0n) is 31.0. The fourth-order valence-corrected chi connectivity index (χ4v) is 5.55. The molecule has 1 saturated carbocycles. The van der Waals surface area contributed by atoms with E-state index in [9.17, 15) is 9.59 Å². The van der Waals surface area contributed by atoms with E-state index in [4.69, 9.17) is 14.6 Å². The maximum Gasteiger partial charge on any atom is 0.409 e. The molecule has 1 amide bonds. The molecule has 0 bridgehead atoms. The number of nitrogens with one attached hydrogen (secondary N) is 1. The molecule has 1 aliphatic carbocycles. The summed E-state index contributed by atoms with van der Waals surface area (Å²) in [5.74, 6) is 1.95. The maximum absolute atomic E-state index is 11.5. The van der Waals surface area contributed by atoms with Gasteiger partial charge in [-0.3, -0.25) is 10.1 Å². The summed E-state index contributed by atoms with van der Waals surface area (Å²) in [5, 5.41) is 11.1. The number of ether oxygens (including phenoxy) is 2. The number of carbonyl (C=O) groups excluding carboxylic acids is 1. The minimum Gasteiger partial charge on any atom is -0.465 e. The predicted molar refractivity (Wildman–Crippen MR) is 208 cm³/mol. The predicted octanol–water partition coefficient (Wildman–Crippen LogP) is 12.3. The van der Waals surface area contributed by atoms with Crippen LogP contribution in [0, 0.1) is 11.8 Å². The maximum atomic E-state index is 11.5. The minimum atomic E-state index is -1.05. The molecule has 1 aliphatic rings. The number of hydrogen-bond acceptors (Lipinski definition) is 4. The van der Waals surface area contributed by atoms with Crippen LogP contribution in [0.1, 0.15) is 119 Å². The fraction of sp³-hybridized carbons (Fsp3) is 0.535. The van der Waals surface area contributed by atoms with Crippen LogP contribution in [0.3, 0.4) is 0 Å². The molecule has 0 aliphatic heterocycles. The van der Waals surface area contributed by atoms with Crippen LogP contribution in [0.5, 0.6) is 0 Å². The molecule has 2 atom stereocenters. The van der Waals surface area contributed by atoms with E-state index < -0.39 is 11.7 Å². The first-order valence-corrected chi connectivity index (χ1v) is 18.0. The molecule has 274 valence electrons. The van der Waals surface area contributed by atoms with Gasteiger partial charge in [-0.2, -0.15) is 0 Å². The molecule has 3 aromatic carbocycles. The molecule has 0 spiro atoms. The molecule has 0 radical (unpaired) electrons. The van der Waals surface area contributed by atoms with Gasteiger partial charge in [0.2, 0.25) is 0 Å². The summed E-state index contributed by atoms with van der Waals surface area (Å²) in [6, 6.07) is 25.6. The third-order valence-corrected chi connectivity index (χ3v) is 7.96. The Labute approximate surface area is 299 Å². The number of para-hydroxylation sites is 1. The zero-order chi connectivity index (χ0) is 35.8. The van der Waals surface area contributed by atoms with Gasteiger partial charge in [-0.1, -0.05) is 153 Å². The Morgan fingerprint density at radius 3 is 1.82 bits per heavy atom. The summed E-state index contributed by atoms with van der Waals surface area (Å²) in [4.78, 5) is 22.1. The SMILES string of the molecule is C.CCC.CCC1CCCC1CC.CCc1ccc(CCOCCC(=O)OC(C)(C)C)cc1.O=C(O)Nc1ccccc1-c1ccccc1. The number of aryl methyl sites for hydroxylation is 1. The normalized spacial score (nSPS) is 14.7. The second-order valence-corrected chi connectivity index (χ2v) is 13.2. The van der Waals surface area contributed by atoms with Crippen LogP contribution >= 0.6 is 0 Å². The highest BCUT2D eigenvalue weighted by Crippen LogP contribution is 2.35.